The Kier molecular flexibility index (Phi) is 3.37. The van der Waals surface area contributed by atoms with Crippen LogP contribution in [0.4, 0.5) is 10.6 Å². The molecular weight excluding hydrogens is 256 g/mol. The maximum Gasteiger partial charge on any atom is 0.409 e. The first kappa shape index (κ1) is 12.7. The summed E-state index contributed by atoms with van der Waals surface area (Å²) >= 11 is 0. The van der Waals surface area contributed by atoms with E-state index in [1.54, 1.807) is 11.2 Å². The van der Waals surface area contributed by atoms with Gasteiger partial charge in [-0.3, -0.25) is 0 Å². The van der Waals surface area contributed by atoms with Crippen LogP contribution < -0.4 is 4.90 Å². The second-order valence-corrected chi connectivity index (χ2v) is 4.66. The molecule has 0 saturated carbocycles. The number of para-hydroxylation sites is 1. The SMILES string of the molecule is COC(=O)N1CCN(c2ncnc3ccccc23)CC1. The molecule has 0 aliphatic carbocycles. The van der Waals surface area contributed by atoms with Gasteiger partial charge < -0.3 is 14.5 Å². The normalized spacial score (nSPS) is 15.4. The highest BCUT2D eigenvalue weighted by Crippen LogP contribution is 2.23. The monoisotopic (exact) mass is 272 g/mol. The molecule has 1 aromatic heterocycles. The molecule has 0 atom stereocenters. The molecule has 2 heterocycles. The number of carbonyl (C=O) groups excluding carboxylic acids is 1. The van der Waals surface area contributed by atoms with Gasteiger partial charge in [-0.2, -0.15) is 0 Å². The van der Waals surface area contributed by atoms with Crippen LogP contribution in [0.2, 0.25) is 0 Å². The van der Waals surface area contributed by atoms with E-state index in [0.29, 0.717) is 13.1 Å². The third kappa shape index (κ3) is 2.24. The van der Waals surface area contributed by atoms with Gasteiger partial charge in [0.2, 0.25) is 0 Å². The number of amides is 1. The molecule has 104 valence electrons. The molecule has 6 nitrogen and oxygen atoms in total. The Morgan fingerprint density at radius 3 is 2.65 bits per heavy atom. The fourth-order valence-corrected chi connectivity index (χ4v) is 2.47. The second kappa shape index (κ2) is 5.32. The molecule has 0 spiro atoms. The van der Waals surface area contributed by atoms with E-state index in [2.05, 4.69) is 14.9 Å². The number of methoxy groups -OCH3 is 1. The number of hydrogen-bond acceptors (Lipinski definition) is 5. The van der Waals surface area contributed by atoms with Gasteiger partial charge in [0, 0.05) is 31.6 Å². The number of benzene rings is 1. The number of ether oxygens (including phenoxy) is 1. The van der Waals surface area contributed by atoms with Crippen molar-refractivity contribution in [3.63, 3.8) is 0 Å². The van der Waals surface area contributed by atoms with Gasteiger partial charge in [-0.05, 0) is 12.1 Å². The van der Waals surface area contributed by atoms with Crippen LogP contribution in [0.5, 0.6) is 0 Å². The van der Waals surface area contributed by atoms with E-state index >= 15 is 0 Å². The highest BCUT2D eigenvalue weighted by molar-refractivity contribution is 5.89. The highest BCUT2D eigenvalue weighted by atomic mass is 16.5. The summed E-state index contributed by atoms with van der Waals surface area (Å²) in [7, 11) is 1.41. The van der Waals surface area contributed by atoms with Crippen molar-refractivity contribution in [1.29, 1.82) is 0 Å². The van der Waals surface area contributed by atoms with E-state index in [-0.39, 0.29) is 6.09 Å². The molecule has 20 heavy (non-hydrogen) atoms. The predicted octanol–water partition coefficient (Wildman–Crippen LogP) is 1.52. The molecule has 1 fully saturated rings. The zero-order chi connectivity index (χ0) is 13.9. The largest absolute Gasteiger partial charge is 0.453 e. The Balaban J connectivity index is 1.82. The summed E-state index contributed by atoms with van der Waals surface area (Å²) < 4.78 is 4.74. The lowest BCUT2D eigenvalue weighted by Gasteiger charge is -2.34. The van der Waals surface area contributed by atoms with Crippen LogP contribution >= 0.6 is 0 Å². The third-order valence-electron chi connectivity index (χ3n) is 3.53. The second-order valence-electron chi connectivity index (χ2n) is 4.66. The van der Waals surface area contributed by atoms with Crippen molar-refractivity contribution in [2.45, 2.75) is 0 Å². The minimum absolute atomic E-state index is 0.266. The summed E-state index contributed by atoms with van der Waals surface area (Å²) in [6.45, 7) is 2.78. The number of anilines is 1. The summed E-state index contributed by atoms with van der Waals surface area (Å²) in [6.07, 6.45) is 1.32. The van der Waals surface area contributed by atoms with Gasteiger partial charge in [0.25, 0.3) is 0 Å². The number of fused-ring (bicyclic) bond motifs is 1. The lowest BCUT2D eigenvalue weighted by Crippen LogP contribution is -2.49. The molecule has 0 N–H and O–H groups in total. The Morgan fingerprint density at radius 1 is 1.15 bits per heavy atom. The number of carbonyl (C=O) groups is 1. The van der Waals surface area contributed by atoms with Crippen LogP contribution in [0.3, 0.4) is 0 Å². The van der Waals surface area contributed by atoms with Gasteiger partial charge in [-0.1, -0.05) is 12.1 Å². The maximum absolute atomic E-state index is 11.5. The fourth-order valence-electron chi connectivity index (χ4n) is 2.47. The molecule has 1 aromatic carbocycles. The minimum Gasteiger partial charge on any atom is -0.453 e. The first-order valence-electron chi connectivity index (χ1n) is 6.57. The molecule has 1 amide bonds. The van der Waals surface area contributed by atoms with Crippen LogP contribution in [-0.2, 0) is 4.74 Å². The predicted molar refractivity (Wildman–Crippen MR) is 75.7 cm³/mol. The van der Waals surface area contributed by atoms with Crippen molar-refractivity contribution < 1.29 is 9.53 Å². The molecule has 6 heteroatoms. The zero-order valence-electron chi connectivity index (χ0n) is 11.3. The molecule has 0 radical (unpaired) electrons. The topological polar surface area (TPSA) is 58.6 Å². The van der Waals surface area contributed by atoms with Crippen LogP contribution in [0.1, 0.15) is 0 Å². The number of hydrogen-bond donors (Lipinski definition) is 0. The summed E-state index contributed by atoms with van der Waals surface area (Å²) in [5.41, 5.74) is 0.938. The van der Waals surface area contributed by atoms with Crippen molar-refractivity contribution in [3.8, 4) is 0 Å². The van der Waals surface area contributed by atoms with E-state index in [1.807, 2.05) is 24.3 Å². The van der Waals surface area contributed by atoms with Gasteiger partial charge in [-0.15, -0.1) is 0 Å². The first-order chi connectivity index (χ1) is 9.79. The highest BCUT2D eigenvalue weighted by Gasteiger charge is 2.23. The number of piperazine rings is 1. The average molecular weight is 272 g/mol. The maximum atomic E-state index is 11.5. The molecule has 0 bridgehead atoms. The zero-order valence-corrected chi connectivity index (χ0v) is 11.3. The van der Waals surface area contributed by atoms with Gasteiger partial charge >= 0.3 is 6.09 Å². The number of rotatable bonds is 1. The Hall–Kier alpha value is -2.37. The van der Waals surface area contributed by atoms with Gasteiger partial charge in [0.1, 0.15) is 12.1 Å². The Morgan fingerprint density at radius 2 is 1.90 bits per heavy atom. The van der Waals surface area contributed by atoms with E-state index in [0.717, 1.165) is 29.8 Å². The smallest absolute Gasteiger partial charge is 0.409 e. The molecule has 0 unspecified atom stereocenters. The van der Waals surface area contributed by atoms with E-state index < -0.39 is 0 Å². The van der Waals surface area contributed by atoms with Gasteiger partial charge in [0.05, 0.1) is 12.6 Å². The summed E-state index contributed by atoms with van der Waals surface area (Å²) in [5.74, 6) is 0.931. The van der Waals surface area contributed by atoms with E-state index in [1.165, 1.54) is 7.11 Å². The van der Waals surface area contributed by atoms with Crippen LogP contribution in [0.15, 0.2) is 30.6 Å². The average Bonchev–Trinajstić information content (AvgIpc) is 2.54. The van der Waals surface area contributed by atoms with E-state index in [4.69, 9.17) is 4.74 Å². The van der Waals surface area contributed by atoms with Gasteiger partial charge in [0.15, 0.2) is 0 Å². The minimum atomic E-state index is -0.266. The lowest BCUT2D eigenvalue weighted by atomic mass is 10.2. The van der Waals surface area contributed by atoms with Crippen molar-refractivity contribution >= 4 is 22.8 Å². The molecule has 3 rings (SSSR count). The molecule has 2 aromatic rings. The molecular formula is C14H16N4O2. The fraction of sp³-hybridized carbons (Fsp3) is 0.357. The summed E-state index contributed by atoms with van der Waals surface area (Å²) in [4.78, 5) is 24.0. The van der Waals surface area contributed by atoms with Crippen LogP contribution in [0, 0.1) is 0 Å². The number of nitrogens with zero attached hydrogens (tertiary/aromatic N) is 4. The summed E-state index contributed by atoms with van der Waals surface area (Å²) in [6, 6.07) is 7.96. The van der Waals surface area contributed by atoms with Crippen LogP contribution in [0.25, 0.3) is 10.9 Å². The van der Waals surface area contributed by atoms with Crippen LogP contribution in [-0.4, -0.2) is 54.2 Å². The van der Waals surface area contributed by atoms with Crippen molar-refractivity contribution in [2.24, 2.45) is 0 Å². The first-order valence-corrected chi connectivity index (χ1v) is 6.57. The molecule has 1 aliphatic rings. The Bertz CT molecular complexity index is 618. The molecule has 1 aliphatic heterocycles. The quantitative estimate of drug-likeness (QED) is 0.787. The van der Waals surface area contributed by atoms with Crippen molar-refractivity contribution in [2.75, 3.05) is 38.2 Å². The number of aromatic nitrogens is 2. The lowest BCUT2D eigenvalue weighted by molar-refractivity contribution is 0.121. The van der Waals surface area contributed by atoms with Crippen molar-refractivity contribution in [3.05, 3.63) is 30.6 Å². The van der Waals surface area contributed by atoms with Gasteiger partial charge in [-0.25, -0.2) is 14.8 Å². The van der Waals surface area contributed by atoms with Crippen molar-refractivity contribution in [1.82, 2.24) is 14.9 Å². The standard InChI is InChI=1S/C14H16N4O2/c1-20-14(19)18-8-6-17(7-9-18)13-11-4-2-3-5-12(11)15-10-16-13/h2-5,10H,6-9H2,1H3. The van der Waals surface area contributed by atoms with E-state index in [9.17, 15) is 4.79 Å². The molecule has 1 saturated heterocycles. The third-order valence-corrected chi connectivity index (χ3v) is 3.53. The summed E-state index contributed by atoms with van der Waals surface area (Å²) in [5, 5.41) is 1.04. The Labute approximate surface area is 117 Å².